The molecule has 1 aromatic carbocycles. The van der Waals surface area contributed by atoms with Crippen LogP contribution in [0.1, 0.15) is 22.5 Å². The van der Waals surface area contributed by atoms with E-state index >= 15 is 0 Å². The molecule has 0 fully saturated rings. The van der Waals surface area contributed by atoms with Crippen LogP contribution in [0.2, 0.25) is 10.0 Å². The summed E-state index contributed by atoms with van der Waals surface area (Å²) in [5.41, 5.74) is 7.56. The Morgan fingerprint density at radius 3 is 2.12 bits per heavy atom. The number of aromatic nitrogens is 1. The summed E-state index contributed by atoms with van der Waals surface area (Å²) in [4.78, 5) is 0. The largest absolute Gasteiger partial charge is 0.416 e. The van der Waals surface area contributed by atoms with Crippen LogP contribution in [0.4, 0.5) is 13.2 Å². The molecule has 3 nitrogen and oxygen atoms in total. The van der Waals surface area contributed by atoms with Gasteiger partial charge < -0.3 is 15.4 Å². The molecule has 25 heavy (non-hydrogen) atoms. The van der Waals surface area contributed by atoms with E-state index in [0.717, 1.165) is 29.1 Å². The van der Waals surface area contributed by atoms with E-state index < -0.39 is 17.8 Å². The number of hydrogen-bond acceptors (Lipinski definition) is 2. The Kier molecular flexibility index (Phi) is 7.24. The highest BCUT2D eigenvalue weighted by Gasteiger charge is 2.32. The molecule has 2 aromatic rings. The molecule has 0 aliphatic heterocycles. The number of benzene rings is 1. The summed E-state index contributed by atoms with van der Waals surface area (Å²) in [5, 5.41) is 8.92. The second-order valence-electron chi connectivity index (χ2n) is 5.66. The quantitative estimate of drug-likeness (QED) is 0.757. The molecule has 140 valence electrons. The Morgan fingerprint density at radius 2 is 1.68 bits per heavy atom. The van der Waals surface area contributed by atoms with Crippen LogP contribution in [0.5, 0.6) is 0 Å². The molecule has 0 aliphatic rings. The Bertz CT molecular complexity index is 737. The maximum atomic E-state index is 12.9. The minimum Gasteiger partial charge on any atom is -0.395 e. The normalized spacial score (nSPS) is 12.8. The van der Waals surface area contributed by atoms with Crippen LogP contribution in [-0.2, 0) is 12.6 Å². The second-order valence-corrected chi connectivity index (χ2v) is 6.48. The highest BCUT2D eigenvalue weighted by atomic mass is 35.5. The number of nitrogens with two attached hydrogens (primary N) is 1. The molecule has 0 amide bonds. The molecule has 0 saturated heterocycles. The van der Waals surface area contributed by atoms with Crippen molar-refractivity contribution in [2.24, 2.45) is 5.73 Å². The van der Waals surface area contributed by atoms with Gasteiger partial charge in [-0.2, -0.15) is 13.2 Å². The van der Waals surface area contributed by atoms with Gasteiger partial charge in [0, 0.05) is 17.4 Å². The van der Waals surface area contributed by atoms with Gasteiger partial charge in [-0.1, -0.05) is 23.2 Å². The van der Waals surface area contributed by atoms with Crippen molar-refractivity contribution in [1.82, 2.24) is 4.57 Å². The van der Waals surface area contributed by atoms with Gasteiger partial charge in [0.15, 0.2) is 0 Å². The lowest BCUT2D eigenvalue weighted by atomic mass is 10.1. The fourth-order valence-electron chi connectivity index (χ4n) is 2.67. The van der Waals surface area contributed by atoms with Gasteiger partial charge >= 0.3 is 6.18 Å². The SMILES string of the molecule is Cc1cc(CC(N)CO)c(C)n1-c1c(Cl)cc(C(F)(F)F)cc1Cl.Cl. The minimum atomic E-state index is -4.52. The molecule has 0 bridgehead atoms. The van der Waals surface area contributed by atoms with Crippen molar-refractivity contribution in [1.29, 1.82) is 0 Å². The van der Waals surface area contributed by atoms with Crippen LogP contribution in [-0.4, -0.2) is 22.3 Å². The minimum absolute atomic E-state index is 0. The molecule has 0 spiro atoms. The molecule has 1 unspecified atom stereocenters. The van der Waals surface area contributed by atoms with Gasteiger partial charge in [0.1, 0.15) is 0 Å². The molecule has 2 rings (SSSR count). The van der Waals surface area contributed by atoms with E-state index in [1.165, 1.54) is 0 Å². The van der Waals surface area contributed by atoms with Crippen LogP contribution in [0.25, 0.3) is 5.69 Å². The van der Waals surface area contributed by atoms with Crippen molar-refractivity contribution in [3.63, 3.8) is 0 Å². The summed E-state index contributed by atoms with van der Waals surface area (Å²) in [6.45, 7) is 3.44. The lowest BCUT2D eigenvalue weighted by molar-refractivity contribution is -0.137. The van der Waals surface area contributed by atoms with Crippen molar-refractivity contribution in [3.05, 3.63) is 50.8 Å². The number of halogens is 6. The van der Waals surface area contributed by atoms with E-state index in [9.17, 15) is 13.2 Å². The monoisotopic (exact) mass is 416 g/mol. The highest BCUT2D eigenvalue weighted by Crippen LogP contribution is 2.39. The third kappa shape index (κ3) is 4.63. The summed E-state index contributed by atoms with van der Waals surface area (Å²) in [6.07, 6.45) is -4.09. The zero-order chi connectivity index (χ0) is 18.2. The van der Waals surface area contributed by atoms with Crippen LogP contribution < -0.4 is 5.73 Å². The predicted octanol–water partition coefficient (Wildman–Crippen LogP) is 4.70. The third-order valence-electron chi connectivity index (χ3n) is 3.82. The fourth-order valence-corrected chi connectivity index (χ4v) is 3.33. The average molecular weight is 418 g/mol. The van der Waals surface area contributed by atoms with E-state index in [1.54, 1.807) is 18.4 Å². The summed E-state index contributed by atoms with van der Waals surface area (Å²) >= 11 is 12.2. The van der Waals surface area contributed by atoms with E-state index in [2.05, 4.69) is 0 Å². The fraction of sp³-hybridized carbons (Fsp3) is 0.375. The predicted molar refractivity (Wildman–Crippen MR) is 96.3 cm³/mol. The van der Waals surface area contributed by atoms with E-state index in [-0.39, 0.29) is 29.1 Å². The smallest absolute Gasteiger partial charge is 0.395 e. The van der Waals surface area contributed by atoms with Gasteiger partial charge in [0.05, 0.1) is 27.9 Å². The van der Waals surface area contributed by atoms with Gasteiger partial charge in [0.25, 0.3) is 0 Å². The molecular weight excluding hydrogens is 400 g/mol. The summed E-state index contributed by atoms with van der Waals surface area (Å²) in [5.74, 6) is 0. The maximum absolute atomic E-state index is 12.9. The standard InChI is InChI=1S/C16H17Cl2F3N2O.ClH/c1-8-3-10(4-12(22)7-24)9(2)23(8)15-13(17)5-11(6-14(15)18)16(19,20)21;/h3,5-6,12,24H,4,7,22H2,1-2H3;1H. The molecular formula is C16H18Cl3F3N2O. The maximum Gasteiger partial charge on any atom is 0.416 e. The topological polar surface area (TPSA) is 51.2 Å². The van der Waals surface area contributed by atoms with Gasteiger partial charge in [-0.15, -0.1) is 12.4 Å². The Hall–Kier alpha value is -0.920. The molecule has 0 aliphatic carbocycles. The van der Waals surface area contributed by atoms with Crippen molar-refractivity contribution in [3.8, 4) is 5.69 Å². The molecule has 1 atom stereocenters. The zero-order valence-electron chi connectivity index (χ0n) is 13.5. The molecule has 0 radical (unpaired) electrons. The number of alkyl halides is 3. The average Bonchev–Trinajstić information content (AvgIpc) is 2.73. The number of aliphatic hydroxyl groups excluding tert-OH is 1. The van der Waals surface area contributed by atoms with Crippen LogP contribution in [0.3, 0.4) is 0 Å². The first-order chi connectivity index (χ1) is 11.1. The molecule has 1 heterocycles. The number of rotatable bonds is 4. The number of nitrogens with zero attached hydrogens (tertiary/aromatic N) is 1. The Morgan fingerprint density at radius 1 is 1.16 bits per heavy atom. The number of hydrogen-bond donors (Lipinski definition) is 2. The highest BCUT2D eigenvalue weighted by molar-refractivity contribution is 6.38. The Labute approximate surface area is 159 Å². The van der Waals surface area contributed by atoms with Crippen LogP contribution in [0.15, 0.2) is 18.2 Å². The van der Waals surface area contributed by atoms with E-state index in [1.807, 2.05) is 6.07 Å². The van der Waals surface area contributed by atoms with Crippen LogP contribution in [0, 0.1) is 13.8 Å². The van der Waals surface area contributed by atoms with Gasteiger partial charge in [-0.05, 0) is 44.0 Å². The third-order valence-corrected chi connectivity index (χ3v) is 4.40. The molecule has 1 aromatic heterocycles. The summed E-state index contributed by atoms with van der Waals surface area (Å²) < 4.78 is 40.3. The summed E-state index contributed by atoms with van der Waals surface area (Å²) in [6, 6.07) is 3.16. The second kappa shape index (κ2) is 8.18. The van der Waals surface area contributed by atoms with Gasteiger partial charge in [0.2, 0.25) is 0 Å². The van der Waals surface area contributed by atoms with Crippen molar-refractivity contribution < 1.29 is 18.3 Å². The van der Waals surface area contributed by atoms with Crippen molar-refractivity contribution in [2.75, 3.05) is 6.61 Å². The van der Waals surface area contributed by atoms with E-state index in [0.29, 0.717) is 12.1 Å². The molecule has 0 saturated carbocycles. The van der Waals surface area contributed by atoms with Crippen molar-refractivity contribution in [2.45, 2.75) is 32.5 Å². The van der Waals surface area contributed by atoms with E-state index in [4.69, 9.17) is 34.0 Å². The first kappa shape index (κ1) is 22.1. The Balaban J connectivity index is 0.00000312. The zero-order valence-corrected chi connectivity index (χ0v) is 15.8. The van der Waals surface area contributed by atoms with Crippen molar-refractivity contribution >= 4 is 35.6 Å². The number of aliphatic hydroxyl groups is 1. The molecule has 3 N–H and O–H groups in total. The van der Waals surface area contributed by atoms with Gasteiger partial charge in [-0.3, -0.25) is 0 Å². The first-order valence-electron chi connectivity index (χ1n) is 7.17. The van der Waals surface area contributed by atoms with Crippen LogP contribution >= 0.6 is 35.6 Å². The lowest BCUT2D eigenvalue weighted by Crippen LogP contribution is -2.27. The first-order valence-corrected chi connectivity index (χ1v) is 7.92. The number of aryl methyl sites for hydroxylation is 1. The lowest BCUT2D eigenvalue weighted by Gasteiger charge is -2.17. The summed E-state index contributed by atoms with van der Waals surface area (Å²) in [7, 11) is 0. The molecule has 9 heteroatoms. The van der Waals surface area contributed by atoms with Gasteiger partial charge in [-0.25, -0.2) is 0 Å².